The number of ether oxygens (including phenoxy) is 2. The summed E-state index contributed by atoms with van der Waals surface area (Å²) in [6, 6.07) is 33.9. The molecule has 0 aromatic heterocycles. The summed E-state index contributed by atoms with van der Waals surface area (Å²) in [6.07, 6.45) is -0.853. The van der Waals surface area contributed by atoms with Gasteiger partial charge in [0, 0.05) is 45.5 Å². The smallest absolute Gasteiger partial charge is 0.407 e. The van der Waals surface area contributed by atoms with Crippen LogP contribution in [0.3, 0.4) is 0 Å². The van der Waals surface area contributed by atoms with Gasteiger partial charge in [0.25, 0.3) is 31.9 Å². The Morgan fingerprint density at radius 1 is 0.476 bits per heavy atom. The first-order chi connectivity index (χ1) is 48.8. The molecule has 2 aliphatic heterocycles. The van der Waals surface area contributed by atoms with Crippen molar-refractivity contribution in [2.24, 2.45) is 23.5 Å². The zero-order chi connectivity index (χ0) is 74.8. The molecular formula is C79H97N9O14Si. The van der Waals surface area contributed by atoms with Crippen molar-refractivity contribution in [3.63, 3.8) is 0 Å². The molecule has 5 atom stereocenters. The predicted octanol–water partition coefficient (Wildman–Crippen LogP) is 8.77. The van der Waals surface area contributed by atoms with Gasteiger partial charge >= 0.3 is 12.2 Å². The molecule has 6 aromatic rings. The largest absolute Gasteiger partial charge is 0.449 e. The van der Waals surface area contributed by atoms with Crippen LogP contribution in [0, 0.1) is 17.8 Å². The fraction of sp³-hybridized carbons (Fsp3) is 0.430. The quantitative estimate of drug-likeness (QED) is 0.0122. The number of hydrogen-bond donors (Lipinski definition) is 7. The van der Waals surface area contributed by atoms with Crippen molar-refractivity contribution >= 4 is 94.8 Å². The van der Waals surface area contributed by atoms with Gasteiger partial charge in [-0.05, 0) is 139 Å². The summed E-state index contributed by atoms with van der Waals surface area (Å²) in [4.78, 5) is 160. The summed E-state index contributed by atoms with van der Waals surface area (Å²) in [5.41, 5.74) is 8.85. The second-order valence-electron chi connectivity index (χ2n) is 30.0. The van der Waals surface area contributed by atoms with Gasteiger partial charge in [-0.2, -0.15) is 0 Å². The number of unbranched alkanes of at least 4 members (excludes halogenated alkanes) is 1. The topological polar surface area (TPSA) is 320 Å². The Balaban J connectivity index is 0.998. The summed E-state index contributed by atoms with van der Waals surface area (Å²) < 4.78 is 18.3. The first kappa shape index (κ1) is 77.1. The van der Waals surface area contributed by atoms with E-state index in [1.807, 2.05) is 137 Å². The number of primary amides is 1. The van der Waals surface area contributed by atoms with Gasteiger partial charge in [0.05, 0.1) is 19.7 Å². The molecule has 0 saturated carbocycles. The summed E-state index contributed by atoms with van der Waals surface area (Å²) in [5.74, 6) is -8.53. The highest BCUT2D eigenvalue weighted by molar-refractivity contribution is 6.99. The number of carbonyl (C=O) groups is 11. The van der Waals surface area contributed by atoms with Crippen molar-refractivity contribution in [1.29, 1.82) is 0 Å². The molecule has 0 radical (unpaired) electrons. The SMILES string of the molecule is CC(C)C[C@H](NC(=O)[C@H](CCCCNC(=O)OC(C)(C)C)NC(=O)[C@H](CC(C)C)NC(=O)[C@H](CN1C(=O)c2ccc3c4c(ccc(c24)C1=O)C(=O)N(CCO[Si](c1ccccc1)(c1ccccc1)C(C)(C)C)C3=O)NC(=O)[C@H](CC(C)C)NC(=O)OCC1c2ccccc2-c2ccccc21)C(N)=O. The number of hydrogen-bond acceptors (Lipinski definition) is 14. The average Bonchev–Trinajstić information content (AvgIpc) is 1.23. The van der Waals surface area contributed by atoms with Crippen LogP contribution in [0.4, 0.5) is 9.59 Å². The molecule has 9 rings (SSSR count). The van der Waals surface area contributed by atoms with Crippen molar-refractivity contribution in [2.45, 2.75) is 168 Å². The lowest BCUT2D eigenvalue weighted by Crippen LogP contribution is -2.67. The van der Waals surface area contributed by atoms with E-state index in [-0.39, 0.29) is 115 Å². The number of fused-ring (bicyclic) bond motifs is 3. The summed E-state index contributed by atoms with van der Waals surface area (Å²) in [6.45, 7) is 21.5. The molecule has 0 fully saturated rings. The van der Waals surface area contributed by atoms with Crippen LogP contribution in [0.1, 0.15) is 180 Å². The molecule has 1 aliphatic carbocycles. The van der Waals surface area contributed by atoms with E-state index in [9.17, 15) is 33.6 Å². The van der Waals surface area contributed by atoms with Crippen LogP contribution in [-0.4, -0.2) is 152 Å². The number of imide groups is 2. The second-order valence-corrected chi connectivity index (χ2v) is 34.4. The Bertz CT molecular complexity index is 4030. The normalized spacial score (nSPS) is 15.1. The van der Waals surface area contributed by atoms with Crippen LogP contribution < -0.4 is 48.0 Å². The maximum Gasteiger partial charge on any atom is 0.407 e. The average molecular weight is 1420 g/mol. The number of nitrogens with two attached hydrogens (primary N) is 1. The lowest BCUT2D eigenvalue weighted by atomic mass is 9.86. The summed E-state index contributed by atoms with van der Waals surface area (Å²) in [5, 5.41) is 18.0. The Kier molecular flexibility index (Phi) is 24.6. The van der Waals surface area contributed by atoms with Gasteiger partial charge in [-0.1, -0.05) is 172 Å². The minimum absolute atomic E-state index is 0.00844. The lowest BCUT2D eigenvalue weighted by Gasteiger charge is -2.43. The van der Waals surface area contributed by atoms with E-state index >= 15 is 19.2 Å². The van der Waals surface area contributed by atoms with E-state index in [1.54, 1.807) is 34.6 Å². The summed E-state index contributed by atoms with van der Waals surface area (Å²) >= 11 is 0. The van der Waals surface area contributed by atoms with Gasteiger partial charge in [-0.25, -0.2) is 9.59 Å². The lowest BCUT2D eigenvalue weighted by molar-refractivity contribution is -0.135. The van der Waals surface area contributed by atoms with E-state index in [0.717, 1.165) is 42.4 Å². The number of amides is 11. The van der Waals surface area contributed by atoms with Crippen molar-refractivity contribution in [3.8, 4) is 11.1 Å². The standard InChI is InChI=1S/C79H97N9O14Si/c1-46(2)41-61(67(80)89)83-68(90)60(33-23-24-38-81-76(98)102-78(7,8)9)82-69(91)62(42-47(3)4)84-71(93)64(85-70(92)63(43-48(5)6)86-77(99)100-45-59-53-31-21-19-29-51(53)52-30-20-22-32-54(52)59)44-88-74(96)57-36-34-55-65-56(35-37-58(66(57)65)75(88)97)73(95)87(72(55)94)39-40-101-103(79(10,11)12,49-25-15-13-16-26-49)50-27-17-14-18-28-50/h13-22,25-32,34-37,46-48,59-64H,23-24,33,38-45H2,1-12H3,(H2,80,89)(H,81,98)(H,82,91)(H,83,90)(H,84,93)(H,85,92)(H,86,99)/t60-,61-,62-,63-,64-/m0/s1. The maximum atomic E-state index is 15.4. The van der Waals surface area contributed by atoms with E-state index in [4.69, 9.17) is 19.6 Å². The maximum absolute atomic E-state index is 15.4. The van der Waals surface area contributed by atoms with Crippen molar-refractivity contribution in [2.75, 3.05) is 32.8 Å². The number of carbonyl (C=O) groups excluding carboxylic acids is 11. The second kappa shape index (κ2) is 32.9. The first-order valence-electron chi connectivity index (χ1n) is 35.5. The zero-order valence-corrected chi connectivity index (χ0v) is 61.9. The molecule has 2 heterocycles. The molecule has 11 amide bonds. The third kappa shape index (κ3) is 17.9. The van der Waals surface area contributed by atoms with E-state index in [1.165, 1.54) is 24.3 Å². The van der Waals surface area contributed by atoms with Crippen LogP contribution in [-0.2, 0) is 37.9 Å². The van der Waals surface area contributed by atoms with Gasteiger partial charge in [0.15, 0.2) is 0 Å². The van der Waals surface area contributed by atoms with Gasteiger partial charge in [-0.3, -0.25) is 53.0 Å². The molecule has 23 nitrogen and oxygen atoms in total. The van der Waals surface area contributed by atoms with Gasteiger partial charge in [0.1, 0.15) is 42.4 Å². The third-order valence-corrected chi connectivity index (χ3v) is 23.7. The van der Waals surface area contributed by atoms with Crippen LogP contribution in [0.25, 0.3) is 21.9 Å². The molecule has 0 unspecified atom stereocenters. The van der Waals surface area contributed by atoms with E-state index in [2.05, 4.69) is 52.7 Å². The third-order valence-electron chi connectivity index (χ3n) is 18.7. The molecule has 0 spiro atoms. The minimum atomic E-state index is -3.11. The molecular weight excluding hydrogens is 1330 g/mol. The molecule has 0 saturated heterocycles. The fourth-order valence-electron chi connectivity index (χ4n) is 14.0. The van der Waals surface area contributed by atoms with Gasteiger partial charge in [-0.15, -0.1) is 0 Å². The molecule has 6 aromatic carbocycles. The highest BCUT2D eigenvalue weighted by atomic mass is 28.4. The predicted molar refractivity (Wildman–Crippen MR) is 394 cm³/mol. The first-order valence-corrected chi connectivity index (χ1v) is 37.4. The number of alkyl carbamates (subject to hydrolysis) is 2. The van der Waals surface area contributed by atoms with Crippen LogP contribution in [0.5, 0.6) is 0 Å². The van der Waals surface area contributed by atoms with Gasteiger partial charge < -0.3 is 51.5 Å². The highest BCUT2D eigenvalue weighted by Gasteiger charge is 2.51. The highest BCUT2D eigenvalue weighted by Crippen LogP contribution is 2.45. The van der Waals surface area contributed by atoms with E-state index < -0.39 is 121 Å². The number of nitrogens with zero attached hydrogens (tertiary/aromatic N) is 2. The Hall–Kier alpha value is -10.1. The summed E-state index contributed by atoms with van der Waals surface area (Å²) in [7, 11) is -3.11. The van der Waals surface area contributed by atoms with Crippen LogP contribution >= 0.6 is 0 Å². The fourth-order valence-corrected chi connectivity index (χ4v) is 18.6. The Morgan fingerprint density at radius 3 is 1.35 bits per heavy atom. The molecule has 103 heavy (non-hydrogen) atoms. The monoisotopic (exact) mass is 1420 g/mol. The number of rotatable bonds is 31. The van der Waals surface area contributed by atoms with E-state index in [0.29, 0.717) is 6.42 Å². The van der Waals surface area contributed by atoms with Crippen molar-refractivity contribution in [1.82, 2.24) is 41.7 Å². The zero-order valence-electron chi connectivity index (χ0n) is 60.9. The Labute approximate surface area is 603 Å². The van der Waals surface area contributed by atoms with Gasteiger partial charge in [0.2, 0.25) is 29.5 Å². The van der Waals surface area contributed by atoms with Crippen LogP contribution in [0.2, 0.25) is 5.04 Å². The molecule has 8 N–H and O–H groups in total. The molecule has 24 heteroatoms. The minimum Gasteiger partial charge on any atom is -0.449 e. The Morgan fingerprint density at radius 2 is 0.883 bits per heavy atom. The van der Waals surface area contributed by atoms with Crippen LogP contribution in [0.15, 0.2) is 133 Å². The molecule has 546 valence electrons. The number of benzene rings is 6. The molecule has 0 bridgehead atoms. The van der Waals surface area contributed by atoms with Crippen molar-refractivity contribution in [3.05, 3.63) is 167 Å². The molecule has 3 aliphatic rings. The van der Waals surface area contributed by atoms with Crippen molar-refractivity contribution < 1.29 is 66.6 Å². The number of nitrogens with one attached hydrogen (secondary N) is 6.